The summed E-state index contributed by atoms with van der Waals surface area (Å²) in [6, 6.07) is 0. The Morgan fingerprint density at radius 1 is 1.33 bits per heavy atom. The molecular formula is C11H6ClMnO5. The first-order valence-electron chi connectivity index (χ1n) is 3.79. The van der Waals surface area contributed by atoms with Crippen LogP contribution in [0.3, 0.4) is 0 Å². The van der Waals surface area contributed by atoms with Crippen molar-refractivity contribution in [3.8, 4) is 0 Å². The van der Waals surface area contributed by atoms with Crippen LogP contribution in [0.5, 0.6) is 0 Å². The van der Waals surface area contributed by atoms with Crippen molar-refractivity contribution in [1.82, 2.24) is 0 Å². The number of esters is 1. The molecule has 94 valence electrons. The first-order chi connectivity index (χ1) is 8.56. The number of hydrogen-bond acceptors (Lipinski definition) is 5. The van der Waals surface area contributed by atoms with Gasteiger partial charge in [-0.25, -0.2) is 0 Å². The van der Waals surface area contributed by atoms with E-state index in [1.54, 1.807) is 18.2 Å². The standard InChI is InChI=1S/C8H6ClO2.3CO.Mn/c1-2-8(10)11-7-4-3-6(9)5-7;3*1-2;/h2-5H,1H2;;;;. The Labute approximate surface area is 118 Å². The van der Waals surface area contributed by atoms with Crippen LogP contribution in [-0.4, -0.2) is 30.8 Å². The molecule has 6 radical (unpaired) electrons. The van der Waals surface area contributed by atoms with Crippen LogP contribution in [0, 0.1) is 0 Å². The number of carbonyl (C=O) groups excluding carboxylic acids is 4. The van der Waals surface area contributed by atoms with Crippen LogP contribution in [0.25, 0.3) is 0 Å². The van der Waals surface area contributed by atoms with Gasteiger partial charge in [-0.05, 0) is 0 Å². The molecule has 1 atom stereocenters. The quantitative estimate of drug-likeness (QED) is 0.421. The number of carbonyl (C=O) groups is 1. The zero-order valence-corrected chi connectivity index (χ0v) is 10.8. The number of hydrogen-bond donors (Lipinski definition) is 0. The predicted molar refractivity (Wildman–Crippen MR) is 59.2 cm³/mol. The van der Waals surface area contributed by atoms with Crippen molar-refractivity contribution >= 4 is 37.9 Å². The molecule has 5 nitrogen and oxygen atoms in total. The average molecular weight is 309 g/mol. The third kappa shape index (κ3) is 9.72. The number of rotatable bonds is 2. The Bertz CT molecular complexity index is 325. The van der Waals surface area contributed by atoms with Crippen molar-refractivity contribution in [2.24, 2.45) is 0 Å². The topological polar surface area (TPSA) is 77.5 Å². The first kappa shape index (κ1) is 21.8. The zero-order valence-electron chi connectivity index (χ0n) is 8.81. The Morgan fingerprint density at radius 2 is 1.78 bits per heavy atom. The molecule has 7 heteroatoms. The van der Waals surface area contributed by atoms with E-state index in [0.717, 1.165) is 6.08 Å². The summed E-state index contributed by atoms with van der Waals surface area (Å²) in [5.74, 6) is -0.501. The molecule has 0 aromatic heterocycles. The van der Waals surface area contributed by atoms with Gasteiger partial charge in [0, 0.05) is 0 Å². The minimum atomic E-state index is -0.893. The van der Waals surface area contributed by atoms with Gasteiger partial charge in [0.15, 0.2) is 0 Å². The van der Waals surface area contributed by atoms with Gasteiger partial charge in [0.25, 0.3) is 20.4 Å². The Morgan fingerprint density at radius 3 is 2.06 bits per heavy atom. The van der Waals surface area contributed by atoms with E-state index in [1.807, 2.05) is 0 Å². The summed E-state index contributed by atoms with van der Waals surface area (Å²) in [6.45, 7) is 16.8. The van der Waals surface area contributed by atoms with Gasteiger partial charge >= 0.3 is 83.5 Å². The van der Waals surface area contributed by atoms with Crippen molar-refractivity contribution in [1.29, 1.82) is 0 Å². The minimum absolute atomic E-state index is 0.501. The number of halogens is 1. The van der Waals surface area contributed by atoms with Crippen LogP contribution in [-0.2, 0) is 39.9 Å². The molecule has 0 amide bonds. The Hall–Kier alpha value is -1.49. The molecule has 0 saturated carbocycles. The second kappa shape index (κ2) is 13.6. The summed E-state index contributed by atoms with van der Waals surface area (Å²) < 4.78 is 4.04. The molecule has 18 heavy (non-hydrogen) atoms. The molecule has 1 aliphatic rings. The predicted octanol–water partition coefficient (Wildman–Crippen LogP) is 0.460. The Kier molecular flexibility index (Phi) is 16.4. The Balaban J connectivity index is -0.000000328. The molecule has 0 N–H and O–H groups in total. The normalized spacial score (nSPS) is 18.4. The van der Waals surface area contributed by atoms with Crippen LogP contribution in [0.4, 0.5) is 0 Å². The molecule has 1 unspecified atom stereocenters. The van der Waals surface area contributed by atoms with Crippen LogP contribution >= 0.6 is 11.6 Å². The summed E-state index contributed by atoms with van der Waals surface area (Å²) in [4.78, 5) is 33.3. The van der Waals surface area contributed by atoms with Crippen molar-refractivity contribution in [3.05, 3.63) is 35.9 Å². The van der Waals surface area contributed by atoms with E-state index in [9.17, 15) is 4.79 Å². The van der Waals surface area contributed by atoms with Crippen LogP contribution < -0.4 is 0 Å². The SMILES string of the molecule is C=CC(=O)O[C]1([Mn])C=CC(Cl)=C1.[C]=O.[C]=O.[C]=O. The van der Waals surface area contributed by atoms with E-state index in [1.165, 1.54) is 0 Å². The van der Waals surface area contributed by atoms with E-state index in [2.05, 4.69) is 43.0 Å². The van der Waals surface area contributed by atoms with Crippen molar-refractivity contribution in [2.45, 2.75) is 4.50 Å². The largest absolute Gasteiger partial charge is 0.281 e. The summed E-state index contributed by atoms with van der Waals surface area (Å²) in [5.41, 5.74) is 0. The molecule has 0 fully saturated rings. The van der Waals surface area contributed by atoms with Crippen molar-refractivity contribution in [3.63, 3.8) is 0 Å². The average Bonchev–Trinajstić information content (AvgIpc) is 2.76. The first-order valence-corrected chi connectivity index (χ1v) is 4.76. The van der Waals surface area contributed by atoms with Gasteiger partial charge < -0.3 is 0 Å². The second-order valence-electron chi connectivity index (χ2n) is 2.19. The van der Waals surface area contributed by atoms with Gasteiger partial charge in [-0.3, -0.25) is 14.4 Å². The van der Waals surface area contributed by atoms with E-state index in [4.69, 9.17) is 30.7 Å². The fraction of sp³-hybridized carbons (Fsp3) is 0.0909. The van der Waals surface area contributed by atoms with Crippen molar-refractivity contribution < 1.29 is 39.9 Å². The van der Waals surface area contributed by atoms with E-state index in [-0.39, 0.29) is 0 Å². The summed E-state index contributed by atoms with van der Waals surface area (Å²) >= 11 is 8.84. The molecule has 1 aliphatic carbocycles. The van der Waals surface area contributed by atoms with Gasteiger partial charge in [-0.2, -0.15) is 0 Å². The molecule has 0 bridgehead atoms. The van der Waals surface area contributed by atoms with Crippen molar-refractivity contribution in [2.75, 3.05) is 0 Å². The van der Waals surface area contributed by atoms with E-state index < -0.39 is 10.5 Å². The van der Waals surface area contributed by atoms with E-state index >= 15 is 0 Å². The monoisotopic (exact) mass is 308 g/mol. The molecule has 1 rings (SSSR count). The minimum Gasteiger partial charge on any atom is -0.281 e. The third-order valence-electron chi connectivity index (χ3n) is 1.23. The molecule has 0 aliphatic heterocycles. The van der Waals surface area contributed by atoms with Gasteiger partial charge in [0.2, 0.25) is 0 Å². The summed E-state index contributed by atoms with van der Waals surface area (Å²) in [5, 5.41) is 0.531. The summed E-state index contributed by atoms with van der Waals surface area (Å²) in [7, 11) is 0. The molecule has 0 saturated heterocycles. The maximum Gasteiger partial charge on any atom is 0.281 e. The molecule has 0 heterocycles. The van der Waals surface area contributed by atoms with Gasteiger partial charge in [-0.1, -0.05) is 0 Å². The molecular weight excluding hydrogens is 303 g/mol. The van der Waals surface area contributed by atoms with Gasteiger partial charge in [0.1, 0.15) is 0 Å². The number of allylic oxidation sites excluding steroid dienone is 2. The van der Waals surface area contributed by atoms with Gasteiger partial charge in [-0.15, -0.1) is 0 Å². The molecule has 0 aromatic carbocycles. The summed E-state index contributed by atoms with van der Waals surface area (Å²) in [6.07, 6.45) is 5.95. The molecule has 0 spiro atoms. The number of ether oxygens (including phenoxy) is 1. The third-order valence-corrected chi connectivity index (χ3v) is 1.95. The fourth-order valence-corrected chi connectivity index (χ4v) is 1.46. The van der Waals surface area contributed by atoms with Crippen LogP contribution in [0.2, 0.25) is 0 Å². The van der Waals surface area contributed by atoms with Crippen LogP contribution in [0.1, 0.15) is 0 Å². The maximum absolute atomic E-state index is 10.8. The molecule has 0 aromatic rings. The zero-order chi connectivity index (χ0) is 15.2. The van der Waals surface area contributed by atoms with Crippen LogP contribution in [0.15, 0.2) is 35.9 Å². The van der Waals surface area contributed by atoms with Gasteiger partial charge in [0.05, 0.1) is 0 Å². The fourth-order valence-electron chi connectivity index (χ4n) is 0.737. The maximum atomic E-state index is 10.8. The van der Waals surface area contributed by atoms with E-state index in [0.29, 0.717) is 5.03 Å². The smallest absolute Gasteiger partial charge is 0.281 e. The second-order valence-corrected chi connectivity index (χ2v) is 3.54.